The number of hydrogen-bond acceptors (Lipinski definition) is 4. The number of methoxy groups -OCH3 is 1. The average Bonchev–Trinajstić information content (AvgIpc) is 3.19. The van der Waals surface area contributed by atoms with Crippen molar-refractivity contribution in [2.24, 2.45) is 5.92 Å². The Balaban J connectivity index is 1.75. The molecule has 1 aliphatic heterocycles. The van der Waals surface area contributed by atoms with Gasteiger partial charge in [-0.15, -0.1) is 0 Å². The summed E-state index contributed by atoms with van der Waals surface area (Å²) < 4.78 is 5.23. The van der Waals surface area contributed by atoms with Gasteiger partial charge in [0.15, 0.2) is 0 Å². The molecule has 1 aromatic heterocycles. The Morgan fingerprint density at radius 1 is 1.43 bits per heavy atom. The van der Waals surface area contributed by atoms with Gasteiger partial charge in [0.25, 0.3) is 5.91 Å². The van der Waals surface area contributed by atoms with Crippen LogP contribution in [0.2, 0.25) is 0 Å². The number of carbonyl (C=O) groups is 1. The van der Waals surface area contributed by atoms with Gasteiger partial charge in [-0.05, 0) is 50.3 Å². The fourth-order valence-electron chi connectivity index (χ4n) is 2.92. The Hall–Kier alpha value is -1.62. The van der Waals surface area contributed by atoms with E-state index in [4.69, 9.17) is 4.74 Å². The molecule has 1 atom stereocenters. The Morgan fingerprint density at radius 2 is 2.29 bits per heavy atom. The van der Waals surface area contributed by atoms with Gasteiger partial charge in [0.1, 0.15) is 5.56 Å². The third kappa shape index (κ3) is 3.53. The van der Waals surface area contributed by atoms with E-state index >= 15 is 0 Å². The van der Waals surface area contributed by atoms with Crippen molar-refractivity contribution in [2.75, 3.05) is 26.7 Å². The van der Waals surface area contributed by atoms with Gasteiger partial charge in [-0.3, -0.25) is 4.79 Å². The van der Waals surface area contributed by atoms with Crippen LogP contribution in [0.1, 0.15) is 36.0 Å². The third-order valence-corrected chi connectivity index (χ3v) is 4.26. The SMILES string of the molecule is COc1ncccc1C(=O)N(CC1CC1)CC1CCCN1. The summed E-state index contributed by atoms with van der Waals surface area (Å²) in [6.07, 6.45) is 6.49. The van der Waals surface area contributed by atoms with Gasteiger partial charge in [-0.2, -0.15) is 0 Å². The topological polar surface area (TPSA) is 54.5 Å². The molecule has 1 N–H and O–H groups in total. The van der Waals surface area contributed by atoms with Crippen LogP contribution in [0, 0.1) is 5.92 Å². The van der Waals surface area contributed by atoms with E-state index in [2.05, 4.69) is 10.3 Å². The smallest absolute Gasteiger partial charge is 0.259 e. The average molecular weight is 289 g/mol. The maximum absolute atomic E-state index is 12.9. The molecule has 1 saturated heterocycles. The Morgan fingerprint density at radius 3 is 2.95 bits per heavy atom. The summed E-state index contributed by atoms with van der Waals surface area (Å²) in [5, 5.41) is 3.47. The molecule has 1 aliphatic carbocycles. The van der Waals surface area contributed by atoms with Gasteiger partial charge < -0.3 is 15.0 Å². The summed E-state index contributed by atoms with van der Waals surface area (Å²) in [4.78, 5) is 19.0. The zero-order valence-corrected chi connectivity index (χ0v) is 12.5. The molecular weight excluding hydrogens is 266 g/mol. The predicted molar refractivity (Wildman–Crippen MR) is 80.4 cm³/mol. The van der Waals surface area contributed by atoms with Crippen LogP contribution in [0.4, 0.5) is 0 Å². The summed E-state index contributed by atoms with van der Waals surface area (Å²) in [6.45, 7) is 2.70. The lowest BCUT2D eigenvalue weighted by Crippen LogP contribution is -2.42. The first-order valence-electron chi connectivity index (χ1n) is 7.79. The molecule has 5 nitrogen and oxygen atoms in total. The normalized spacial score (nSPS) is 21.3. The fraction of sp³-hybridized carbons (Fsp3) is 0.625. The van der Waals surface area contributed by atoms with Crippen molar-refractivity contribution < 1.29 is 9.53 Å². The van der Waals surface area contributed by atoms with E-state index in [1.807, 2.05) is 4.90 Å². The molecule has 0 radical (unpaired) electrons. The highest BCUT2D eigenvalue weighted by molar-refractivity contribution is 5.96. The number of amides is 1. The van der Waals surface area contributed by atoms with Crippen LogP contribution in [0.3, 0.4) is 0 Å². The first-order valence-corrected chi connectivity index (χ1v) is 7.79. The fourth-order valence-corrected chi connectivity index (χ4v) is 2.92. The van der Waals surface area contributed by atoms with Crippen molar-refractivity contribution in [1.82, 2.24) is 15.2 Å². The maximum Gasteiger partial charge on any atom is 0.259 e. The van der Waals surface area contributed by atoms with Gasteiger partial charge in [0.05, 0.1) is 7.11 Å². The first-order chi connectivity index (χ1) is 10.3. The highest BCUT2D eigenvalue weighted by Gasteiger charge is 2.30. The Kier molecular flexibility index (Phi) is 4.39. The molecule has 2 heterocycles. The highest BCUT2D eigenvalue weighted by Crippen LogP contribution is 2.31. The zero-order valence-electron chi connectivity index (χ0n) is 12.5. The minimum Gasteiger partial charge on any atom is -0.480 e. The maximum atomic E-state index is 12.9. The van der Waals surface area contributed by atoms with Crippen molar-refractivity contribution in [3.8, 4) is 5.88 Å². The highest BCUT2D eigenvalue weighted by atomic mass is 16.5. The Bertz CT molecular complexity index is 496. The third-order valence-electron chi connectivity index (χ3n) is 4.26. The van der Waals surface area contributed by atoms with Gasteiger partial charge in [-0.25, -0.2) is 4.98 Å². The van der Waals surface area contributed by atoms with Crippen molar-refractivity contribution in [3.63, 3.8) is 0 Å². The molecule has 3 rings (SSSR count). The molecular formula is C16H23N3O2. The van der Waals surface area contributed by atoms with Gasteiger partial charge in [0.2, 0.25) is 5.88 Å². The van der Waals surface area contributed by atoms with Gasteiger partial charge >= 0.3 is 0 Å². The lowest BCUT2D eigenvalue weighted by molar-refractivity contribution is 0.0729. The molecule has 114 valence electrons. The molecule has 0 aromatic carbocycles. The van der Waals surface area contributed by atoms with Gasteiger partial charge in [0, 0.05) is 25.3 Å². The van der Waals surface area contributed by atoms with Crippen LogP contribution in [-0.4, -0.2) is 48.6 Å². The molecule has 1 saturated carbocycles. The second kappa shape index (κ2) is 6.43. The summed E-state index contributed by atoms with van der Waals surface area (Å²) in [7, 11) is 1.56. The summed E-state index contributed by atoms with van der Waals surface area (Å²) >= 11 is 0. The summed E-state index contributed by atoms with van der Waals surface area (Å²) in [6, 6.07) is 4.02. The Labute approximate surface area is 125 Å². The predicted octanol–water partition coefficient (Wildman–Crippen LogP) is 1.69. The number of carbonyl (C=O) groups excluding carboxylic acids is 1. The van der Waals surface area contributed by atoms with E-state index in [0.717, 1.165) is 26.1 Å². The molecule has 1 unspecified atom stereocenters. The molecule has 0 spiro atoms. The first kappa shape index (κ1) is 14.3. The van der Waals surface area contributed by atoms with E-state index in [1.54, 1.807) is 25.4 Å². The standard InChI is InChI=1S/C16H23N3O2/c1-21-15-14(5-3-9-18-15)16(20)19(10-12-6-7-12)11-13-4-2-8-17-13/h3,5,9,12-13,17H,2,4,6-8,10-11H2,1H3. The van der Waals surface area contributed by atoms with Crippen LogP contribution in [-0.2, 0) is 0 Å². The molecule has 1 aromatic rings. The molecule has 21 heavy (non-hydrogen) atoms. The van der Waals surface area contributed by atoms with Crippen LogP contribution >= 0.6 is 0 Å². The van der Waals surface area contributed by atoms with Crippen molar-refractivity contribution in [2.45, 2.75) is 31.7 Å². The second-order valence-corrected chi connectivity index (χ2v) is 6.01. The number of ether oxygens (including phenoxy) is 1. The largest absolute Gasteiger partial charge is 0.480 e. The lowest BCUT2D eigenvalue weighted by Gasteiger charge is -2.26. The summed E-state index contributed by atoms with van der Waals surface area (Å²) in [5.74, 6) is 1.14. The summed E-state index contributed by atoms with van der Waals surface area (Å²) in [5.41, 5.74) is 0.568. The van der Waals surface area contributed by atoms with Crippen molar-refractivity contribution >= 4 is 5.91 Å². The minimum atomic E-state index is 0.0422. The molecule has 2 aliphatic rings. The van der Waals surface area contributed by atoms with Crippen LogP contribution < -0.4 is 10.1 Å². The van der Waals surface area contributed by atoms with Crippen molar-refractivity contribution in [3.05, 3.63) is 23.9 Å². The number of pyridine rings is 1. The van der Waals surface area contributed by atoms with E-state index in [0.29, 0.717) is 23.4 Å². The van der Waals surface area contributed by atoms with Crippen LogP contribution in [0.25, 0.3) is 0 Å². The minimum absolute atomic E-state index is 0.0422. The number of rotatable bonds is 6. The number of aromatic nitrogens is 1. The zero-order chi connectivity index (χ0) is 14.7. The molecule has 1 amide bonds. The number of nitrogens with zero attached hydrogens (tertiary/aromatic N) is 2. The van der Waals surface area contributed by atoms with E-state index in [1.165, 1.54) is 19.3 Å². The van der Waals surface area contributed by atoms with E-state index < -0.39 is 0 Å². The second-order valence-electron chi connectivity index (χ2n) is 6.01. The number of nitrogens with one attached hydrogen (secondary N) is 1. The molecule has 5 heteroatoms. The molecule has 2 fully saturated rings. The lowest BCUT2D eigenvalue weighted by atomic mass is 10.1. The van der Waals surface area contributed by atoms with E-state index in [-0.39, 0.29) is 5.91 Å². The van der Waals surface area contributed by atoms with Gasteiger partial charge in [-0.1, -0.05) is 0 Å². The van der Waals surface area contributed by atoms with Crippen molar-refractivity contribution in [1.29, 1.82) is 0 Å². The molecule has 0 bridgehead atoms. The quantitative estimate of drug-likeness (QED) is 0.866. The van der Waals surface area contributed by atoms with Crippen LogP contribution in [0.5, 0.6) is 5.88 Å². The monoisotopic (exact) mass is 289 g/mol. The van der Waals surface area contributed by atoms with E-state index in [9.17, 15) is 4.79 Å². The number of hydrogen-bond donors (Lipinski definition) is 1. The van der Waals surface area contributed by atoms with Crippen LogP contribution in [0.15, 0.2) is 18.3 Å².